The normalized spacial score (nSPS) is 15.3. The fraction of sp³-hybridized carbons (Fsp3) is 0.127. The summed E-state index contributed by atoms with van der Waals surface area (Å²) >= 11 is 0. The maximum atomic E-state index is 2.58. The molecule has 266 valence electrons. The van der Waals surface area contributed by atoms with Gasteiger partial charge in [0.05, 0.1) is 5.69 Å². The third kappa shape index (κ3) is 4.00. The Labute approximate surface area is 328 Å². The summed E-state index contributed by atoms with van der Waals surface area (Å²) in [5.74, 6) is 0. The Morgan fingerprint density at radius 2 is 0.839 bits per heavy atom. The van der Waals surface area contributed by atoms with E-state index in [4.69, 9.17) is 0 Å². The van der Waals surface area contributed by atoms with E-state index in [1.54, 1.807) is 0 Å². The van der Waals surface area contributed by atoms with Crippen molar-refractivity contribution in [3.8, 4) is 33.4 Å². The van der Waals surface area contributed by atoms with Crippen molar-refractivity contribution in [1.29, 1.82) is 0 Å². The summed E-state index contributed by atoms with van der Waals surface area (Å²) in [6, 6.07) is 62.1. The van der Waals surface area contributed by atoms with Crippen molar-refractivity contribution in [2.75, 3.05) is 4.90 Å². The molecule has 0 aromatic heterocycles. The molecule has 0 atom stereocenters. The van der Waals surface area contributed by atoms with Crippen LogP contribution in [0.1, 0.15) is 61.1 Å². The zero-order valence-corrected chi connectivity index (χ0v) is 32.2. The van der Waals surface area contributed by atoms with Gasteiger partial charge in [0.25, 0.3) is 0 Å². The Balaban J connectivity index is 1.26. The number of para-hydroxylation sites is 2. The number of anilines is 3. The van der Waals surface area contributed by atoms with Gasteiger partial charge in [-0.25, -0.2) is 0 Å². The first-order valence-corrected chi connectivity index (χ1v) is 20.1. The van der Waals surface area contributed by atoms with E-state index in [1.807, 2.05) is 0 Å². The molecule has 3 aliphatic rings. The summed E-state index contributed by atoms with van der Waals surface area (Å²) in [6.45, 7) is 9.67. The third-order valence-corrected chi connectivity index (χ3v) is 13.6. The van der Waals surface area contributed by atoms with Crippen molar-refractivity contribution in [2.45, 2.75) is 44.9 Å². The Kier molecular flexibility index (Phi) is 6.31. The summed E-state index contributed by atoms with van der Waals surface area (Å²) in [5, 5.41) is 7.78. The van der Waals surface area contributed by atoms with Crippen LogP contribution in [0.2, 0.25) is 0 Å². The van der Waals surface area contributed by atoms with Crippen molar-refractivity contribution >= 4 is 49.4 Å². The van der Waals surface area contributed by atoms with Gasteiger partial charge in [-0.2, -0.15) is 0 Å². The molecule has 0 N–H and O–H groups in total. The van der Waals surface area contributed by atoms with Crippen LogP contribution in [-0.4, -0.2) is 0 Å². The Morgan fingerprint density at radius 1 is 0.375 bits per heavy atom. The second-order valence-corrected chi connectivity index (χ2v) is 17.2. The third-order valence-electron chi connectivity index (χ3n) is 13.6. The largest absolute Gasteiger partial charge is 0.309 e. The van der Waals surface area contributed by atoms with E-state index in [1.165, 1.54) is 116 Å². The van der Waals surface area contributed by atoms with Crippen molar-refractivity contribution < 1.29 is 0 Å². The number of benzene rings is 9. The molecule has 12 rings (SSSR count). The molecule has 1 heterocycles. The topological polar surface area (TPSA) is 3.24 Å². The minimum absolute atomic E-state index is 0.0985. The van der Waals surface area contributed by atoms with E-state index in [9.17, 15) is 0 Å². The first-order valence-electron chi connectivity index (χ1n) is 20.1. The van der Waals surface area contributed by atoms with Crippen LogP contribution in [0.5, 0.6) is 0 Å². The fourth-order valence-electron chi connectivity index (χ4n) is 11.0. The number of hydrogen-bond acceptors (Lipinski definition) is 1. The molecule has 2 aliphatic carbocycles. The quantitative estimate of drug-likeness (QED) is 0.161. The van der Waals surface area contributed by atoms with Gasteiger partial charge in [0.15, 0.2) is 0 Å². The lowest BCUT2D eigenvalue weighted by molar-refractivity contribution is 0.660. The van der Waals surface area contributed by atoms with Gasteiger partial charge < -0.3 is 4.90 Å². The fourth-order valence-corrected chi connectivity index (χ4v) is 11.0. The molecule has 0 radical (unpaired) electrons. The van der Waals surface area contributed by atoms with Crippen LogP contribution in [0.25, 0.3) is 65.7 Å². The molecule has 56 heavy (non-hydrogen) atoms. The minimum atomic E-state index is -0.169. The molecule has 0 amide bonds. The first kappa shape index (κ1) is 31.9. The van der Waals surface area contributed by atoms with Gasteiger partial charge in [-0.15, -0.1) is 0 Å². The Bertz CT molecular complexity index is 3060. The molecule has 9 aromatic carbocycles. The lowest BCUT2D eigenvalue weighted by Crippen LogP contribution is -2.19. The highest BCUT2D eigenvalue weighted by molar-refractivity contribution is 6.27. The molecular weight excluding hydrogens is 675 g/mol. The second-order valence-electron chi connectivity index (χ2n) is 17.2. The van der Waals surface area contributed by atoms with E-state index < -0.39 is 0 Å². The Hall–Kier alpha value is -6.44. The number of nitrogens with zero attached hydrogens (tertiary/aromatic N) is 1. The summed E-state index contributed by atoms with van der Waals surface area (Å²) in [7, 11) is 0. The van der Waals surface area contributed by atoms with Crippen LogP contribution < -0.4 is 4.90 Å². The summed E-state index contributed by atoms with van der Waals surface area (Å²) in [5.41, 5.74) is 20.0. The molecule has 0 spiro atoms. The molecule has 1 aliphatic heterocycles. The SMILES string of the molecule is CC1(C)c2ccccc2-c2c1ccc1c(-c3c4ccccc4c(N4c5ccccc5Cc5ccccc54)c4ccccc34)cc3c(c21)-c1ccccc1C3(C)C. The molecule has 0 saturated heterocycles. The zero-order chi connectivity index (χ0) is 37.5. The van der Waals surface area contributed by atoms with Crippen LogP contribution in [0, 0.1) is 0 Å². The van der Waals surface area contributed by atoms with E-state index in [2.05, 4.69) is 196 Å². The number of rotatable bonds is 2. The van der Waals surface area contributed by atoms with Crippen LogP contribution >= 0.6 is 0 Å². The molecule has 0 fully saturated rings. The predicted octanol–water partition coefficient (Wildman–Crippen LogP) is 14.8. The number of fused-ring (bicyclic) bond motifs is 13. The van der Waals surface area contributed by atoms with Gasteiger partial charge in [0.2, 0.25) is 0 Å². The average Bonchev–Trinajstić information content (AvgIpc) is 3.61. The van der Waals surface area contributed by atoms with E-state index in [0.29, 0.717) is 0 Å². The van der Waals surface area contributed by atoms with E-state index >= 15 is 0 Å². The highest BCUT2D eigenvalue weighted by Crippen LogP contribution is 2.60. The average molecular weight is 716 g/mol. The van der Waals surface area contributed by atoms with Crippen LogP contribution in [-0.2, 0) is 17.3 Å². The second kappa shape index (κ2) is 11.1. The lowest BCUT2D eigenvalue weighted by Gasteiger charge is -2.35. The molecule has 0 bridgehead atoms. The van der Waals surface area contributed by atoms with Crippen molar-refractivity contribution in [2.24, 2.45) is 0 Å². The molecule has 0 saturated carbocycles. The summed E-state index contributed by atoms with van der Waals surface area (Å²) in [4.78, 5) is 2.55. The van der Waals surface area contributed by atoms with Gasteiger partial charge in [-0.05, 0) is 107 Å². The molecule has 1 nitrogen and oxygen atoms in total. The van der Waals surface area contributed by atoms with E-state index in [-0.39, 0.29) is 10.8 Å². The maximum absolute atomic E-state index is 2.58. The summed E-state index contributed by atoms with van der Waals surface area (Å²) in [6.07, 6.45) is 0.931. The smallest absolute Gasteiger partial charge is 0.0619 e. The monoisotopic (exact) mass is 715 g/mol. The molecule has 1 heteroatoms. The molecule has 9 aromatic rings. The van der Waals surface area contributed by atoms with Crippen LogP contribution in [0.15, 0.2) is 164 Å². The Morgan fingerprint density at radius 3 is 1.43 bits per heavy atom. The molecule has 0 unspecified atom stereocenters. The van der Waals surface area contributed by atoms with Crippen LogP contribution in [0.3, 0.4) is 0 Å². The van der Waals surface area contributed by atoms with Gasteiger partial charge >= 0.3 is 0 Å². The lowest BCUT2D eigenvalue weighted by atomic mass is 9.77. The zero-order valence-electron chi connectivity index (χ0n) is 32.2. The van der Waals surface area contributed by atoms with Gasteiger partial charge in [0.1, 0.15) is 0 Å². The standard InChI is InChI=1S/C55H41N/c1-54(2)43-25-13-11-23-40(43)50-45(54)30-29-37-42(32-46-51(52(37)50)41-24-12-14-26-44(41)55(46,3)4)49-35-19-7-9-21-38(35)53(39-22-10-8-20-36(39)49)56-47-27-15-5-17-33(47)31-34-18-6-16-28-48(34)56/h5-30,32H,31H2,1-4H3. The number of hydrogen-bond donors (Lipinski definition) is 0. The minimum Gasteiger partial charge on any atom is -0.309 e. The highest BCUT2D eigenvalue weighted by Gasteiger charge is 2.42. The van der Waals surface area contributed by atoms with Crippen molar-refractivity contribution in [3.05, 3.63) is 197 Å². The van der Waals surface area contributed by atoms with Gasteiger partial charge in [-0.1, -0.05) is 173 Å². The predicted molar refractivity (Wildman–Crippen MR) is 237 cm³/mol. The highest BCUT2D eigenvalue weighted by atomic mass is 15.2. The maximum Gasteiger partial charge on any atom is 0.0619 e. The summed E-state index contributed by atoms with van der Waals surface area (Å²) < 4.78 is 0. The molecular formula is C55H41N. The van der Waals surface area contributed by atoms with Crippen LogP contribution in [0.4, 0.5) is 17.1 Å². The van der Waals surface area contributed by atoms with Crippen molar-refractivity contribution in [3.63, 3.8) is 0 Å². The van der Waals surface area contributed by atoms with Gasteiger partial charge in [-0.3, -0.25) is 0 Å². The van der Waals surface area contributed by atoms with Crippen molar-refractivity contribution in [1.82, 2.24) is 0 Å². The van der Waals surface area contributed by atoms with Gasteiger partial charge in [0, 0.05) is 39.4 Å². The first-order chi connectivity index (χ1) is 27.3. The van der Waals surface area contributed by atoms with E-state index in [0.717, 1.165) is 6.42 Å².